The van der Waals surface area contributed by atoms with Crippen LogP contribution < -0.4 is 10.0 Å². The summed E-state index contributed by atoms with van der Waals surface area (Å²) in [4.78, 5) is 8.91. The number of halogens is 1. The zero-order valence-corrected chi connectivity index (χ0v) is 18.3. The van der Waals surface area contributed by atoms with Crippen LogP contribution in [-0.4, -0.2) is 41.3 Å². The van der Waals surface area contributed by atoms with Crippen LogP contribution in [0.1, 0.15) is 22.8 Å². The topological polar surface area (TPSA) is 102 Å². The molecule has 0 atom stereocenters. The van der Waals surface area contributed by atoms with E-state index in [0.717, 1.165) is 17.0 Å². The van der Waals surface area contributed by atoms with Crippen LogP contribution in [0.2, 0.25) is 5.02 Å². The number of aromatic nitrogens is 4. The molecular weight excluding hydrogens is 412 g/mol. The maximum absolute atomic E-state index is 12.4. The van der Waals surface area contributed by atoms with Crippen LogP contribution in [0.15, 0.2) is 35.2 Å². The van der Waals surface area contributed by atoms with E-state index in [4.69, 9.17) is 11.6 Å². The molecule has 10 heteroatoms. The highest BCUT2D eigenvalue weighted by molar-refractivity contribution is 7.89. The first-order valence-corrected chi connectivity index (χ1v) is 10.9. The fourth-order valence-electron chi connectivity index (χ4n) is 2.81. The van der Waals surface area contributed by atoms with E-state index in [0.29, 0.717) is 29.0 Å². The number of hydrogen-bond donors (Lipinski definition) is 2. The van der Waals surface area contributed by atoms with Gasteiger partial charge in [-0.25, -0.2) is 27.8 Å². The van der Waals surface area contributed by atoms with Gasteiger partial charge in [0.15, 0.2) is 5.82 Å². The number of anilines is 1. The fraction of sp³-hybridized carbons (Fsp3) is 0.316. The molecular formula is C19H23ClN6O2S. The molecule has 2 heterocycles. The molecule has 8 nitrogen and oxygen atoms in total. The Bertz CT molecular complexity index is 1140. The lowest BCUT2D eigenvalue weighted by Crippen LogP contribution is -2.29. The van der Waals surface area contributed by atoms with Crippen LogP contribution in [0, 0.1) is 27.7 Å². The van der Waals surface area contributed by atoms with Crippen molar-refractivity contribution in [2.75, 3.05) is 18.4 Å². The summed E-state index contributed by atoms with van der Waals surface area (Å²) in [5.41, 5.74) is 2.69. The normalized spacial score (nSPS) is 11.6. The monoisotopic (exact) mass is 434 g/mol. The quantitative estimate of drug-likeness (QED) is 0.554. The summed E-state index contributed by atoms with van der Waals surface area (Å²) in [6, 6.07) is 8.41. The molecule has 0 saturated heterocycles. The van der Waals surface area contributed by atoms with E-state index >= 15 is 0 Å². The maximum atomic E-state index is 12.4. The third-order valence-corrected chi connectivity index (χ3v) is 6.09. The van der Waals surface area contributed by atoms with Crippen molar-refractivity contribution in [2.45, 2.75) is 32.6 Å². The van der Waals surface area contributed by atoms with E-state index in [2.05, 4.69) is 25.1 Å². The number of rotatable bonds is 7. The molecule has 0 fully saturated rings. The highest BCUT2D eigenvalue weighted by Crippen LogP contribution is 2.19. The second-order valence-electron chi connectivity index (χ2n) is 6.73. The lowest BCUT2D eigenvalue weighted by atomic mass is 10.2. The number of benzene rings is 1. The summed E-state index contributed by atoms with van der Waals surface area (Å²) >= 11 is 6.03. The largest absolute Gasteiger partial charge is 0.369 e. The Morgan fingerprint density at radius 3 is 2.45 bits per heavy atom. The average Bonchev–Trinajstić information content (AvgIpc) is 2.99. The van der Waals surface area contributed by atoms with Gasteiger partial charge in [-0.2, -0.15) is 5.10 Å². The number of aryl methyl sites for hydroxylation is 4. The van der Waals surface area contributed by atoms with E-state index in [9.17, 15) is 8.42 Å². The van der Waals surface area contributed by atoms with Crippen LogP contribution in [-0.2, 0) is 10.0 Å². The predicted octanol–water partition coefficient (Wildman–Crippen LogP) is 2.94. The van der Waals surface area contributed by atoms with Gasteiger partial charge in [0.25, 0.3) is 0 Å². The molecule has 0 radical (unpaired) electrons. The van der Waals surface area contributed by atoms with Gasteiger partial charge in [-0.05, 0) is 51.5 Å². The molecule has 0 aliphatic carbocycles. The van der Waals surface area contributed by atoms with Crippen molar-refractivity contribution in [1.82, 2.24) is 24.5 Å². The minimum atomic E-state index is -3.64. The summed E-state index contributed by atoms with van der Waals surface area (Å²) in [6.07, 6.45) is 0. The summed E-state index contributed by atoms with van der Waals surface area (Å²) in [7, 11) is -3.64. The Balaban J connectivity index is 1.65. The molecule has 0 spiro atoms. The van der Waals surface area contributed by atoms with E-state index in [1.165, 1.54) is 12.1 Å². The maximum Gasteiger partial charge on any atom is 0.240 e. The minimum absolute atomic E-state index is 0.137. The van der Waals surface area contributed by atoms with Crippen molar-refractivity contribution in [3.05, 3.63) is 58.1 Å². The Kier molecular flexibility index (Phi) is 6.21. The average molecular weight is 435 g/mol. The van der Waals surface area contributed by atoms with Gasteiger partial charge >= 0.3 is 0 Å². The molecule has 0 aliphatic rings. The first-order chi connectivity index (χ1) is 13.7. The fourth-order valence-corrected chi connectivity index (χ4v) is 4.11. The smallest absolute Gasteiger partial charge is 0.240 e. The number of nitrogens with zero attached hydrogens (tertiary/aromatic N) is 4. The van der Waals surface area contributed by atoms with E-state index in [-0.39, 0.29) is 11.4 Å². The molecule has 0 bridgehead atoms. The summed E-state index contributed by atoms with van der Waals surface area (Å²) in [5, 5.41) is 7.97. The Hall–Kier alpha value is -2.49. The van der Waals surface area contributed by atoms with Crippen LogP contribution in [0.5, 0.6) is 0 Å². The molecule has 0 unspecified atom stereocenters. The molecule has 0 aliphatic heterocycles. The van der Waals surface area contributed by atoms with Gasteiger partial charge in [0.2, 0.25) is 10.0 Å². The van der Waals surface area contributed by atoms with Gasteiger partial charge in [-0.3, -0.25) is 0 Å². The lowest BCUT2D eigenvalue weighted by molar-refractivity contribution is 0.583. The number of nitrogens with one attached hydrogen (secondary N) is 2. The SMILES string of the molecule is Cc1cc(C)n(-c2cc(NCCNS(=O)(=O)c3ccc(C)c(Cl)c3)nc(C)n2)n1. The minimum Gasteiger partial charge on any atom is -0.369 e. The third-order valence-electron chi connectivity index (χ3n) is 4.23. The van der Waals surface area contributed by atoms with Gasteiger partial charge in [-0.1, -0.05) is 17.7 Å². The van der Waals surface area contributed by atoms with Gasteiger partial charge < -0.3 is 5.32 Å². The van der Waals surface area contributed by atoms with Crippen molar-refractivity contribution in [3.63, 3.8) is 0 Å². The first kappa shape index (κ1) is 21.2. The summed E-state index contributed by atoms with van der Waals surface area (Å²) < 4.78 is 29.1. The summed E-state index contributed by atoms with van der Waals surface area (Å²) in [5.74, 6) is 1.84. The first-order valence-electron chi connectivity index (χ1n) is 9.05. The van der Waals surface area contributed by atoms with Gasteiger partial charge in [0, 0.05) is 29.9 Å². The Morgan fingerprint density at radius 2 is 1.79 bits per heavy atom. The molecule has 3 aromatic rings. The van der Waals surface area contributed by atoms with Crippen molar-refractivity contribution >= 4 is 27.4 Å². The van der Waals surface area contributed by atoms with Crippen LogP contribution in [0.3, 0.4) is 0 Å². The molecule has 0 saturated carbocycles. The summed E-state index contributed by atoms with van der Waals surface area (Å²) in [6.45, 7) is 8.03. The van der Waals surface area contributed by atoms with E-state index < -0.39 is 10.0 Å². The van der Waals surface area contributed by atoms with Crippen molar-refractivity contribution < 1.29 is 8.42 Å². The zero-order chi connectivity index (χ0) is 21.2. The zero-order valence-electron chi connectivity index (χ0n) is 16.7. The molecule has 2 aromatic heterocycles. The highest BCUT2D eigenvalue weighted by Gasteiger charge is 2.14. The van der Waals surface area contributed by atoms with Gasteiger partial charge in [0.1, 0.15) is 11.6 Å². The number of sulfonamides is 1. The van der Waals surface area contributed by atoms with E-state index in [1.807, 2.05) is 26.8 Å². The lowest BCUT2D eigenvalue weighted by Gasteiger charge is -2.11. The Labute approximate surface area is 175 Å². The van der Waals surface area contributed by atoms with Crippen molar-refractivity contribution in [2.24, 2.45) is 0 Å². The second kappa shape index (κ2) is 8.48. The van der Waals surface area contributed by atoms with Crippen molar-refractivity contribution in [1.29, 1.82) is 0 Å². The predicted molar refractivity (Wildman–Crippen MR) is 113 cm³/mol. The molecule has 1 aromatic carbocycles. The molecule has 154 valence electrons. The second-order valence-corrected chi connectivity index (χ2v) is 8.91. The standard InChI is InChI=1S/C19H23ClN6O2S/c1-12-5-6-16(10-17(12)20)29(27,28)22-8-7-21-18-11-19(24-15(4)23-18)26-14(3)9-13(2)25-26/h5-6,9-11,22H,7-8H2,1-4H3,(H,21,23,24). The van der Waals surface area contributed by atoms with Gasteiger partial charge in [0.05, 0.1) is 10.6 Å². The molecule has 29 heavy (non-hydrogen) atoms. The third kappa shape index (κ3) is 5.11. The van der Waals surface area contributed by atoms with Crippen LogP contribution in [0.4, 0.5) is 5.82 Å². The van der Waals surface area contributed by atoms with Crippen molar-refractivity contribution in [3.8, 4) is 5.82 Å². The number of hydrogen-bond acceptors (Lipinski definition) is 6. The van der Waals surface area contributed by atoms with Crippen LogP contribution >= 0.6 is 11.6 Å². The van der Waals surface area contributed by atoms with Crippen LogP contribution in [0.25, 0.3) is 5.82 Å². The van der Waals surface area contributed by atoms with E-state index in [1.54, 1.807) is 23.7 Å². The highest BCUT2D eigenvalue weighted by atomic mass is 35.5. The molecule has 3 rings (SSSR count). The molecule has 0 amide bonds. The van der Waals surface area contributed by atoms with Gasteiger partial charge in [-0.15, -0.1) is 0 Å². The molecule has 2 N–H and O–H groups in total. The Morgan fingerprint density at radius 1 is 1.03 bits per heavy atom.